The van der Waals surface area contributed by atoms with Crippen LogP contribution in [-0.4, -0.2) is 83.7 Å². The van der Waals surface area contributed by atoms with Gasteiger partial charge in [0, 0.05) is 56.4 Å². The van der Waals surface area contributed by atoms with Crippen LogP contribution in [0.5, 0.6) is 0 Å². The summed E-state index contributed by atoms with van der Waals surface area (Å²) >= 11 is 0. The first-order chi connectivity index (χ1) is 18.0. The first-order valence-corrected chi connectivity index (χ1v) is 12.8. The average Bonchev–Trinajstić information content (AvgIpc) is 3.62. The van der Waals surface area contributed by atoms with Crippen LogP contribution in [0.1, 0.15) is 24.0 Å². The number of rotatable bonds is 4. The zero-order valence-corrected chi connectivity index (χ0v) is 21.5. The molecule has 1 N–H and O–H groups in total. The van der Waals surface area contributed by atoms with E-state index in [-0.39, 0.29) is 6.03 Å². The highest BCUT2D eigenvalue weighted by Crippen LogP contribution is 2.32. The van der Waals surface area contributed by atoms with Crippen LogP contribution in [0.2, 0.25) is 0 Å². The molecule has 0 aromatic carbocycles. The molecule has 10 heteroatoms. The van der Waals surface area contributed by atoms with Crippen molar-refractivity contribution in [2.45, 2.75) is 33.5 Å². The third-order valence-corrected chi connectivity index (χ3v) is 7.13. The number of piperazine rings is 1. The second-order valence-electron chi connectivity index (χ2n) is 9.78. The number of urea groups is 1. The Morgan fingerprint density at radius 1 is 1.03 bits per heavy atom. The van der Waals surface area contributed by atoms with Crippen LogP contribution in [0.25, 0.3) is 34.0 Å². The zero-order valence-electron chi connectivity index (χ0n) is 21.5. The van der Waals surface area contributed by atoms with E-state index < -0.39 is 0 Å². The molecule has 1 saturated heterocycles. The number of amides is 2. The number of hydrogen-bond acceptors (Lipinski definition) is 6. The van der Waals surface area contributed by atoms with Gasteiger partial charge in [-0.2, -0.15) is 5.10 Å². The van der Waals surface area contributed by atoms with Gasteiger partial charge in [0.2, 0.25) is 0 Å². The third-order valence-electron chi connectivity index (χ3n) is 7.13. The van der Waals surface area contributed by atoms with Crippen LogP contribution in [0.4, 0.5) is 4.79 Å². The fraction of sp³-hybridized carbons (Fsp3) is 0.370. The summed E-state index contributed by atoms with van der Waals surface area (Å²) in [7, 11) is 2.09. The molecule has 0 unspecified atom stereocenters. The molecule has 0 spiro atoms. The first-order valence-electron chi connectivity index (χ1n) is 12.8. The van der Waals surface area contributed by atoms with Gasteiger partial charge >= 0.3 is 6.03 Å². The highest BCUT2D eigenvalue weighted by atomic mass is 16.2. The minimum atomic E-state index is 0.0893. The lowest BCUT2D eigenvalue weighted by Gasteiger charge is -2.34. The van der Waals surface area contributed by atoms with Crippen LogP contribution in [0.15, 0.2) is 42.7 Å². The van der Waals surface area contributed by atoms with Gasteiger partial charge in [0.1, 0.15) is 11.4 Å². The Labute approximate surface area is 216 Å². The van der Waals surface area contributed by atoms with Crippen molar-refractivity contribution in [1.29, 1.82) is 0 Å². The summed E-state index contributed by atoms with van der Waals surface area (Å²) in [6.45, 7) is 9.24. The maximum atomic E-state index is 13.0. The van der Waals surface area contributed by atoms with Gasteiger partial charge in [0.25, 0.3) is 0 Å². The van der Waals surface area contributed by atoms with Gasteiger partial charge in [-0.05, 0) is 50.7 Å². The number of hydrogen-bond donors (Lipinski definition) is 1. The number of nitrogens with zero attached hydrogens (tertiary/aromatic N) is 8. The molecule has 2 aliphatic heterocycles. The van der Waals surface area contributed by atoms with E-state index in [1.54, 1.807) is 6.20 Å². The van der Waals surface area contributed by atoms with E-state index in [1.807, 2.05) is 51.7 Å². The predicted octanol–water partition coefficient (Wildman–Crippen LogP) is 3.41. The second-order valence-corrected chi connectivity index (χ2v) is 9.78. The van der Waals surface area contributed by atoms with Crippen LogP contribution < -0.4 is 0 Å². The highest BCUT2D eigenvalue weighted by Gasteiger charge is 2.31. The smallest absolute Gasteiger partial charge is 0.320 e. The Kier molecular flexibility index (Phi) is 5.96. The number of H-pyrrole nitrogens is 1. The van der Waals surface area contributed by atoms with E-state index in [4.69, 9.17) is 15.1 Å². The van der Waals surface area contributed by atoms with E-state index in [2.05, 4.69) is 35.0 Å². The van der Waals surface area contributed by atoms with Crippen LogP contribution >= 0.6 is 0 Å². The fourth-order valence-corrected chi connectivity index (χ4v) is 4.98. The van der Waals surface area contributed by atoms with Crippen molar-refractivity contribution in [3.63, 3.8) is 0 Å². The van der Waals surface area contributed by atoms with Crippen LogP contribution in [0.3, 0.4) is 0 Å². The van der Waals surface area contributed by atoms with Crippen molar-refractivity contribution in [2.75, 3.05) is 33.2 Å². The number of carbonyl (C=O) groups is 1. The zero-order chi connectivity index (χ0) is 25.5. The number of imidazole rings is 1. The molecule has 4 aromatic heterocycles. The first kappa shape index (κ1) is 23.4. The number of carbonyl (C=O) groups excluding carboxylic acids is 1. The van der Waals surface area contributed by atoms with E-state index in [0.29, 0.717) is 13.1 Å². The summed E-state index contributed by atoms with van der Waals surface area (Å²) < 4.78 is 1.93. The SMILES string of the molecule is CCn1cc(-c2ccnc(-c3nc4c([nH]3)CN(C(=O)N3CCN(C)CC3)C4)c2)c(-c2cccc(C)n2)n1. The van der Waals surface area contributed by atoms with E-state index >= 15 is 0 Å². The molecule has 2 amide bonds. The molecule has 2 aliphatic rings. The van der Waals surface area contributed by atoms with Crippen molar-refractivity contribution in [3.8, 4) is 34.0 Å². The summed E-state index contributed by atoms with van der Waals surface area (Å²) in [5.74, 6) is 0.719. The van der Waals surface area contributed by atoms with Crippen LogP contribution in [-0.2, 0) is 19.6 Å². The van der Waals surface area contributed by atoms with E-state index in [9.17, 15) is 4.79 Å². The fourth-order valence-electron chi connectivity index (χ4n) is 4.98. The summed E-state index contributed by atoms with van der Waals surface area (Å²) in [5.41, 5.74) is 7.32. The third kappa shape index (κ3) is 4.48. The Hall–Kier alpha value is -4.05. The molecule has 0 bridgehead atoms. The molecule has 6 rings (SSSR count). The topological polar surface area (TPSA) is 99.1 Å². The summed E-state index contributed by atoms with van der Waals surface area (Å²) in [6, 6.07) is 10.1. The van der Waals surface area contributed by atoms with Gasteiger partial charge in [-0.1, -0.05) is 6.07 Å². The molecule has 0 aliphatic carbocycles. The maximum absolute atomic E-state index is 13.0. The second kappa shape index (κ2) is 9.44. The minimum absolute atomic E-state index is 0.0893. The monoisotopic (exact) mass is 497 g/mol. The summed E-state index contributed by atoms with van der Waals surface area (Å²) in [5, 5.41) is 4.79. The molecule has 0 radical (unpaired) electrons. The van der Waals surface area contributed by atoms with Crippen LogP contribution in [0, 0.1) is 6.92 Å². The van der Waals surface area contributed by atoms with Crippen molar-refractivity contribution < 1.29 is 4.79 Å². The summed E-state index contributed by atoms with van der Waals surface area (Å²) in [6.07, 6.45) is 3.86. The molecule has 1 fully saturated rings. The number of aromatic nitrogens is 6. The maximum Gasteiger partial charge on any atom is 0.320 e. The standard InChI is InChI=1S/C27H31N9O/c1-4-36-15-20(25(32-36)21-7-5-6-18(2)29-21)19-8-9-28-22(14-19)26-30-23-16-35(17-24(23)31-26)27(37)34-12-10-33(3)11-13-34/h5-9,14-15H,4,10-13,16-17H2,1-3H3,(H,30,31). The van der Waals surface area contributed by atoms with Gasteiger partial charge in [-0.15, -0.1) is 0 Å². The lowest BCUT2D eigenvalue weighted by atomic mass is 10.0. The molecule has 10 nitrogen and oxygen atoms in total. The van der Waals surface area contributed by atoms with E-state index in [1.165, 1.54) is 0 Å². The highest BCUT2D eigenvalue weighted by molar-refractivity contribution is 5.80. The molecular weight excluding hydrogens is 466 g/mol. The lowest BCUT2D eigenvalue weighted by molar-refractivity contribution is 0.121. The Bertz CT molecular complexity index is 1420. The normalized spacial score (nSPS) is 15.9. The number of fused-ring (bicyclic) bond motifs is 1. The van der Waals surface area contributed by atoms with Gasteiger partial charge in [-0.3, -0.25) is 14.6 Å². The van der Waals surface area contributed by atoms with Gasteiger partial charge in [0.15, 0.2) is 5.82 Å². The van der Waals surface area contributed by atoms with E-state index in [0.717, 1.165) is 83.8 Å². The number of nitrogens with one attached hydrogen (secondary N) is 1. The molecule has 190 valence electrons. The Balaban J connectivity index is 1.24. The summed E-state index contributed by atoms with van der Waals surface area (Å²) in [4.78, 5) is 36.6. The Morgan fingerprint density at radius 2 is 1.86 bits per heavy atom. The number of likely N-dealkylation sites (N-methyl/N-ethyl adjacent to an activating group) is 1. The largest absolute Gasteiger partial charge is 0.339 e. The molecule has 0 atom stereocenters. The molecular formula is C27H31N9O. The van der Waals surface area contributed by atoms with Gasteiger partial charge < -0.3 is 19.7 Å². The average molecular weight is 498 g/mol. The number of aromatic amines is 1. The van der Waals surface area contributed by atoms with Crippen molar-refractivity contribution >= 4 is 6.03 Å². The van der Waals surface area contributed by atoms with Crippen molar-refractivity contribution in [3.05, 3.63) is 59.8 Å². The minimum Gasteiger partial charge on any atom is -0.339 e. The molecule has 0 saturated carbocycles. The number of pyridine rings is 2. The van der Waals surface area contributed by atoms with Gasteiger partial charge in [0.05, 0.1) is 30.2 Å². The Morgan fingerprint density at radius 3 is 2.62 bits per heavy atom. The molecule has 37 heavy (non-hydrogen) atoms. The predicted molar refractivity (Wildman–Crippen MR) is 140 cm³/mol. The molecule has 6 heterocycles. The van der Waals surface area contributed by atoms with Crippen molar-refractivity contribution in [2.24, 2.45) is 0 Å². The van der Waals surface area contributed by atoms with Crippen molar-refractivity contribution in [1.82, 2.24) is 44.4 Å². The number of aryl methyl sites for hydroxylation is 2. The quantitative estimate of drug-likeness (QED) is 0.464. The van der Waals surface area contributed by atoms with Gasteiger partial charge in [-0.25, -0.2) is 9.78 Å². The lowest BCUT2D eigenvalue weighted by Crippen LogP contribution is -2.50. The molecule has 4 aromatic rings.